The van der Waals surface area contributed by atoms with Crippen LogP contribution in [0.5, 0.6) is 0 Å². The third-order valence-corrected chi connectivity index (χ3v) is 5.68. The van der Waals surface area contributed by atoms with Crippen LogP contribution in [0.2, 0.25) is 0 Å². The van der Waals surface area contributed by atoms with Crippen LogP contribution in [0, 0.1) is 13.8 Å². The van der Waals surface area contributed by atoms with Crippen molar-refractivity contribution in [1.29, 1.82) is 0 Å². The number of thiocarbonyl (C=S) groups is 1. The lowest BCUT2D eigenvalue weighted by Crippen LogP contribution is -2.53. The minimum Gasteiger partial charge on any atom is -0.346 e. The fourth-order valence-corrected chi connectivity index (χ4v) is 4.18. The Kier molecular flexibility index (Phi) is 5.54. The maximum absolute atomic E-state index is 5.64. The van der Waals surface area contributed by atoms with Gasteiger partial charge in [-0.2, -0.15) is 0 Å². The van der Waals surface area contributed by atoms with Crippen molar-refractivity contribution in [3.8, 4) is 0 Å². The van der Waals surface area contributed by atoms with Gasteiger partial charge in [0, 0.05) is 37.9 Å². The van der Waals surface area contributed by atoms with Crippen LogP contribution in [0.15, 0.2) is 18.2 Å². The van der Waals surface area contributed by atoms with Gasteiger partial charge >= 0.3 is 0 Å². The summed E-state index contributed by atoms with van der Waals surface area (Å²) in [6.45, 7) is 8.66. The van der Waals surface area contributed by atoms with Crippen molar-refractivity contribution < 1.29 is 0 Å². The lowest BCUT2D eigenvalue weighted by Gasteiger charge is -2.41. The van der Waals surface area contributed by atoms with Gasteiger partial charge in [-0.05, 0) is 50.5 Å². The number of piperazine rings is 1. The minimum atomic E-state index is 0.826. The Morgan fingerprint density at radius 2 is 1.74 bits per heavy atom. The standard InChI is InChI=1S/C19H29N3S/c1-15-8-9-18(16(2)14-15)20-19(23)22-12-10-21(11-13-22)17-6-4-3-5-7-17/h8-9,14,17H,3-7,10-13H2,1-2H3,(H,20,23). The topological polar surface area (TPSA) is 18.5 Å². The lowest BCUT2D eigenvalue weighted by atomic mass is 9.94. The largest absolute Gasteiger partial charge is 0.346 e. The molecule has 4 heteroatoms. The molecule has 126 valence electrons. The molecule has 2 fully saturated rings. The summed E-state index contributed by atoms with van der Waals surface area (Å²) in [7, 11) is 0. The van der Waals surface area contributed by atoms with Crippen LogP contribution >= 0.6 is 12.2 Å². The van der Waals surface area contributed by atoms with Gasteiger partial charge in [0.15, 0.2) is 5.11 Å². The van der Waals surface area contributed by atoms with Gasteiger partial charge in [0.2, 0.25) is 0 Å². The zero-order chi connectivity index (χ0) is 16.2. The number of hydrogen-bond donors (Lipinski definition) is 1. The summed E-state index contributed by atoms with van der Waals surface area (Å²) < 4.78 is 0. The maximum atomic E-state index is 5.64. The highest BCUT2D eigenvalue weighted by atomic mass is 32.1. The monoisotopic (exact) mass is 331 g/mol. The molecule has 1 N–H and O–H groups in total. The summed E-state index contributed by atoms with van der Waals surface area (Å²) >= 11 is 5.64. The molecular weight excluding hydrogens is 302 g/mol. The first kappa shape index (κ1) is 16.7. The van der Waals surface area contributed by atoms with Gasteiger partial charge in [-0.3, -0.25) is 4.90 Å². The average molecular weight is 332 g/mol. The van der Waals surface area contributed by atoms with Crippen molar-refractivity contribution in [3.05, 3.63) is 29.3 Å². The predicted octanol–water partition coefficient (Wildman–Crippen LogP) is 3.95. The maximum Gasteiger partial charge on any atom is 0.173 e. The number of rotatable bonds is 2. The molecule has 1 aromatic rings. The number of benzene rings is 1. The highest BCUT2D eigenvalue weighted by Gasteiger charge is 2.25. The summed E-state index contributed by atoms with van der Waals surface area (Å²) in [4.78, 5) is 5.02. The highest BCUT2D eigenvalue weighted by molar-refractivity contribution is 7.80. The van der Waals surface area contributed by atoms with E-state index >= 15 is 0 Å². The summed E-state index contributed by atoms with van der Waals surface area (Å²) in [5.74, 6) is 0. The predicted molar refractivity (Wildman–Crippen MR) is 102 cm³/mol. The average Bonchev–Trinajstić information content (AvgIpc) is 2.58. The van der Waals surface area contributed by atoms with Crippen molar-refractivity contribution in [2.45, 2.75) is 52.0 Å². The minimum absolute atomic E-state index is 0.826. The molecular formula is C19H29N3S. The van der Waals surface area contributed by atoms with Crippen molar-refractivity contribution in [2.75, 3.05) is 31.5 Å². The Balaban J connectivity index is 1.51. The first-order valence-electron chi connectivity index (χ1n) is 9.01. The molecule has 3 rings (SSSR count). The molecule has 1 aliphatic heterocycles. The summed E-state index contributed by atoms with van der Waals surface area (Å²) in [5, 5.41) is 4.32. The molecule has 1 heterocycles. The van der Waals surface area contributed by atoms with Crippen LogP contribution in [0.3, 0.4) is 0 Å². The Bertz CT molecular complexity index is 544. The van der Waals surface area contributed by atoms with Gasteiger partial charge in [-0.15, -0.1) is 0 Å². The number of nitrogens with one attached hydrogen (secondary N) is 1. The zero-order valence-corrected chi connectivity index (χ0v) is 15.3. The van der Waals surface area contributed by atoms with Gasteiger partial charge in [0.05, 0.1) is 0 Å². The molecule has 3 nitrogen and oxygen atoms in total. The summed E-state index contributed by atoms with van der Waals surface area (Å²) in [6, 6.07) is 7.30. The van der Waals surface area contributed by atoms with Crippen molar-refractivity contribution in [3.63, 3.8) is 0 Å². The molecule has 1 aliphatic carbocycles. The molecule has 0 amide bonds. The quantitative estimate of drug-likeness (QED) is 0.827. The van der Waals surface area contributed by atoms with Crippen molar-refractivity contribution in [2.24, 2.45) is 0 Å². The van der Waals surface area contributed by atoms with E-state index in [1.54, 1.807) is 0 Å². The number of aryl methyl sites for hydroxylation is 2. The van der Waals surface area contributed by atoms with Crippen LogP contribution < -0.4 is 5.32 Å². The Hall–Kier alpha value is -1.13. The Morgan fingerprint density at radius 3 is 2.39 bits per heavy atom. The highest BCUT2D eigenvalue weighted by Crippen LogP contribution is 2.24. The normalized spacial score (nSPS) is 20.5. The molecule has 0 radical (unpaired) electrons. The van der Waals surface area contributed by atoms with Crippen molar-refractivity contribution in [1.82, 2.24) is 9.80 Å². The molecule has 0 unspecified atom stereocenters. The van der Waals surface area contributed by atoms with E-state index in [0.717, 1.165) is 43.0 Å². The molecule has 23 heavy (non-hydrogen) atoms. The van der Waals surface area contributed by atoms with Crippen LogP contribution in [0.4, 0.5) is 5.69 Å². The second-order valence-electron chi connectivity index (χ2n) is 7.06. The second kappa shape index (κ2) is 7.63. The van der Waals surface area contributed by atoms with Gasteiger partial charge < -0.3 is 10.2 Å². The number of anilines is 1. The second-order valence-corrected chi connectivity index (χ2v) is 7.45. The van der Waals surface area contributed by atoms with Crippen LogP contribution in [-0.4, -0.2) is 47.1 Å². The molecule has 1 saturated heterocycles. The van der Waals surface area contributed by atoms with Crippen LogP contribution in [-0.2, 0) is 0 Å². The van der Waals surface area contributed by atoms with E-state index in [2.05, 4.69) is 47.2 Å². The molecule has 1 saturated carbocycles. The Morgan fingerprint density at radius 1 is 1.04 bits per heavy atom. The first-order valence-corrected chi connectivity index (χ1v) is 9.41. The lowest BCUT2D eigenvalue weighted by molar-refractivity contribution is 0.108. The van der Waals surface area contributed by atoms with Crippen LogP contribution in [0.25, 0.3) is 0 Å². The fraction of sp³-hybridized carbons (Fsp3) is 0.632. The van der Waals surface area contributed by atoms with Gasteiger partial charge in [0.1, 0.15) is 0 Å². The number of hydrogen-bond acceptors (Lipinski definition) is 2. The Labute approximate surface area is 146 Å². The van der Waals surface area contributed by atoms with E-state index < -0.39 is 0 Å². The summed E-state index contributed by atoms with van der Waals surface area (Å²) in [6.07, 6.45) is 7.05. The van der Waals surface area contributed by atoms with E-state index in [4.69, 9.17) is 12.2 Å². The van der Waals surface area contributed by atoms with Crippen molar-refractivity contribution >= 4 is 23.0 Å². The van der Waals surface area contributed by atoms with E-state index in [0.29, 0.717) is 0 Å². The first-order chi connectivity index (χ1) is 11.1. The molecule has 0 aromatic heterocycles. The summed E-state index contributed by atoms with van der Waals surface area (Å²) in [5.41, 5.74) is 3.68. The molecule has 1 aromatic carbocycles. The molecule has 2 aliphatic rings. The molecule has 0 bridgehead atoms. The SMILES string of the molecule is Cc1ccc(NC(=S)N2CCN(C3CCCCC3)CC2)c(C)c1. The smallest absolute Gasteiger partial charge is 0.173 e. The molecule has 0 atom stereocenters. The van der Waals surface area contributed by atoms with Gasteiger partial charge in [-0.25, -0.2) is 0 Å². The van der Waals surface area contributed by atoms with E-state index in [1.165, 1.54) is 43.2 Å². The van der Waals surface area contributed by atoms with E-state index in [1.807, 2.05) is 0 Å². The van der Waals surface area contributed by atoms with E-state index in [9.17, 15) is 0 Å². The molecule has 0 spiro atoms. The number of nitrogens with zero attached hydrogens (tertiary/aromatic N) is 2. The van der Waals surface area contributed by atoms with Gasteiger partial charge in [-0.1, -0.05) is 37.0 Å². The third-order valence-electron chi connectivity index (χ3n) is 5.32. The zero-order valence-electron chi connectivity index (χ0n) is 14.5. The third kappa shape index (κ3) is 4.24. The van der Waals surface area contributed by atoms with E-state index in [-0.39, 0.29) is 0 Å². The van der Waals surface area contributed by atoms with Crippen LogP contribution in [0.1, 0.15) is 43.2 Å². The fourth-order valence-electron chi connectivity index (χ4n) is 3.88. The van der Waals surface area contributed by atoms with Gasteiger partial charge in [0.25, 0.3) is 0 Å².